The molecule has 0 unspecified atom stereocenters. The summed E-state index contributed by atoms with van der Waals surface area (Å²) in [6.45, 7) is 3.43. The van der Waals surface area contributed by atoms with Crippen molar-refractivity contribution in [3.63, 3.8) is 0 Å². The molecule has 200 valence electrons. The first-order chi connectivity index (χ1) is 18.1. The maximum absolute atomic E-state index is 13.5. The fraction of sp³-hybridized carbons (Fsp3) is 0.259. The van der Waals surface area contributed by atoms with Crippen LogP contribution >= 0.6 is 0 Å². The van der Waals surface area contributed by atoms with Crippen molar-refractivity contribution in [2.45, 2.75) is 39.4 Å². The molecule has 0 fully saturated rings. The Bertz CT molecular complexity index is 1300. The number of nitrogens with zero attached hydrogens (tertiary/aromatic N) is 3. The summed E-state index contributed by atoms with van der Waals surface area (Å²) in [7, 11) is 0. The van der Waals surface area contributed by atoms with Crippen LogP contribution in [-0.2, 0) is 17.5 Å². The number of amides is 1. The van der Waals surface area contributed by atoms with Crippen molar-refractivity contribution in [2.24, 2.45) is 10.7 Å². The van der Waals surface area contributed by atoms with Crippen molar-refractivity contribution in [1.29, 1.82) is 0 Å². The molecule has 0 aliphatic rings. The molecule has 0 aliphatic heterocycles. The zero-order valence-corrected chi connectivity index (χ0v) is 20.8. The average Bonchev–Trinajstić information content (AvgIpc) is 2.88. The van der Waals surface area contributed by atoms with Gasteiger partial charge in [0.25, 0.3) is 5.91 Å². The van der Waals surface area contributed by atoms with Gasteiger partial charge in [-0.05, 0) is 54.9 Å². The Morgan fingerprint density at radius 2 is 1.82 bits per heavy atom. The smallest absolute Gasteiger partial charge is 0.451 e. The molecule has 1 amide bonds. The number of carbonyl (C=O) groups excluding carboxylic acids is 1. The molecule has 3 rings (SSSR count). The Labute approximate surface area is 217 Å². The van der Waals surface area contributed by atoms with E-state index in [1.807, 2.05) is 19.1 Å². The number of ether oxygens (including phenoxy) is 1. The number of benzene rings is 2. The third-order valence-corrected chi connectivity index (χ3v) is 5.33. The molecule has 0 aliphatic carbocycles. The SMILES string of the molecule is CCC/C=C/NC(=NCc1cnc(C(F)(F)F)nc1)c1cc(-c2ccc(F)cc2)cc(OCC(N)=O)c1C. The van der Waals surface area contributed by atoms with Gasteiger partial charge in [0, 0.05) is 29.1 Å². The van der Waals surface area contributed by atoms with E-state index in [9.17, 15) is 22.4 Å². The molecule has 3 N–H and O–H groups in total. The lowest BCUT2D eigenvalue weighted by Crippen LogP contribution is -2.23. The Kier molecular flexibility index (Phi) is 9.53. The van der Waals surface area contributed by atoms with E-state index in [1.165, 1.54) is 12.1 Å². The van der Waals surface area contributed by atoms with Gasteiger partial charge in [-0.25, -0.2) is 14.4 Å². The molecule has 11 heteroatoms. The monoisotopic (exact) mass is 529 g/mol. The van der Waals surface area contributed by atoms with E-state index in [1.54, 1.807) is 31.3 Å². The number of nitrogens with two attached hydrogens (primary N) is 1. The molecule has 7 nitrogen and oxygen atoms in total. The van der Waals surface area contributed by atoms with Crippen LogP contribution in [-0.4, -0.2) is 28.3 Å². The Morgan fingerprint density at radius 3 is 2.42 bits per heavy atom. The topological polar surface area (TPSA) is 102 Å². The highest BCUT2D eigenvalue weighted by molar-refractivity contribution is 6.02. The van der Waals surface area contributed by atoms with Crippen molar-refractivity contribution in [1.82, 2.24) is 15.3 Å². The lowest BCUT2D eigenvalue weighted by atomic mass is 9.97. The molecule has 0 saturated heterocycles. The standard InChI is InChI=1S/C27H27F4N5O2/c1-3-4-5-10-33-25(34-13-18-14-35-26(36-15-18)27(29,30)31)22-11-20(19-6-8-21(28)9-7-19)12-23(17(22)2)38-16-24(32)37/h5-12,14-15H,3-4,13,16H2,1-2H3,(H2,32,37)(H,33,34)/b10-5+. The molecule has 0 spiro atoms. The molecule has 38 heavy (non-hydrogen) atoms. The summed E-state index contributed by atoms with van der Waals surface area (Å²) in [6, 6.07) is 9.39. The first-order valence-corrected chi connectivity index (χ1v) is 11.7. The molecule has 0 atom stereocenters. The highest BCUT2D eigenvalue weighted by Crippen LogP contribution is 2.31. The van der Waals surface area contributed by atoms with E-state index in [2.05, 4.69) is 20.3 Å². The third-order valence-electron chi connectivity index (χ3n) is 5.33. The van der Waals surface area contributed by atoms with E-state index >= 15 is 0 Å². The van der Waals surface area contributed by atoms with Gasteiger partial charge < -0.3 is 15.8 Å². The molecular formula is C27H27F4N5O2. The molecular weight excluding hydrogens is 502 g/mol. The van der Waals surface area contributed by atoms with Gasteiger partial charge in [-0.15, -0.1) is 0 Å². The molecule has 0 radical (unpaired) electrons. The molecule has 1 heterocycles. The van der Waals surface area contributed by atoms with Crippen LogP contribution in [0.15, 0.2) is 66.1 Å². The quantitative estimate of drug-likeness (QED) is 0.210. The second-order valence-electron chi connectivity index (χ2n) is 8.32. The number of halogens is 4. The Balaban J connectivity index is 2.06. The maximum atomic E-state index is 13.5. The number of primary amides is 1. The second-order valence-corrected chi connectivity index (χ2v) is 8.32. The third kappa shape index (κ3) is 7.86. The highest BCUT2D eigenvalue weighted by Gasteiger charge is 2.34. The summed E-state index contributed by atoms with van der Waals surface area (Å²) in [4.78, 5) is 22.7. The summed E-state index contributed by atoms with van der Waals surface area (Å²) in [5.41, 5.74) is 8.22. The van der Waals surface area contributed by atoms with Crippen LogP contribution in [0.25, 0.3) is 11.1 Å². The number of rotatable bonds is 10. The van der Waals surface area contributed by atoms with E-state index < -0.39 is 23.7 Å². The van der Waals surface area contributed by atoms with Crippen molar-refractivity contribution >= 4 is 11.7 Å². The number of carbonyl (C=O) groups is 1. The van der Waals surface area contributed by atoms with E-state index in [-0.39, 0.29) is 13.2 Å². The Morgan fingerprint density at radius 1 is 1.13 bits per heavy atom. The van der Waals surface area contributed by atoms with Crippen LogP contribution in [0.5, 0.6) is 5.75 Å². The molecule has 1 aromatic heterocycles. The van der Waals surface area contributed by atoms with Crippen molar-refractivity contribution in [3.8, 4) is 16.9 Å². The van der Waals surface area contributed by atoms with Gasteiger partial charge >= 0.3 is 6.18 Å². The number of hydrogen-bond acceptors (Lipinski definition) is 5. The summed E-state index contributed by atoms with van der Waals surface area (Å²) in [5, 5.41) is 3.14. The molecule has 0 saturated carbocycles. The Hall–Kier alpha value is -4.28. The summed E-state index contributed by atoms with van der Waals surface area (Å²) in [5.74, 6) is -1.52. The number of hydrogen-bond donors (Lipinski definition) is 2. The molecule has 0 bridgehead atoms. The van der Waals surface area contributed by atoms with Gasteiger partial charge in [0.15, 0.2) is 6.61 Å². The van der Waals surface area contributed by atoms with Gasteiger partial charge in [-0.3, -0.25) is 9.79 Å². The minimum absolute atomic E-state index is 0.0141. The number of alkyl halides is 3. The van der Waals surface area contributed by atoms with E-state index in [4.69, 9.17) is 10.5 Å². The number of aliphatic imine (C=N–C) groups is 1. The number of aromatic nitrogens is 2. The van der Waals surface area contributed by atoms with Crippen molar-refractivity contribution in [3.05, 3.63) is 89.4 Å². The maximum Gasteiger partial charge on any atom is 0.451 e. The fourth-order valence-corrected chi connectivity index (χ4v) is 3.39. The van der Waals surface area contributed by atoms with Crippen LogP contribution in [0.3, 0.4) is 0 Å². The predicted octanol–water partition coefficient (Wildman–Crippen LogP) is 5.32. The number of unbranched alkanes of at least 4 members (excludes halogenated alkanes) is 1. The van der Waals surface area contributed by atoms with Crippen LogP contribution < -0.4 is 15.8 Å². The second kappa shape index (κ2) is 12.8. The van der Waals surface area contributed by atoms with Crippen molar-refractivity contribution < 1.29 is 27.1 Å². The summed E-state index contributed by atoms with van der Waals surface area (Å²) in [6.07, 6.45) is 2.89. The number of allylic oxidation sites excluding steroid dienone is 1. The predicted molar refractivity (Wildman–Crippen MR) is 136 cm³/mol. The van der Waals surface area contributed by atoms with E-state index in [0.717, 1.165) is 25.2 Å². The van der Waals surface area contributed by atoms with Crippen molar-refractivity contribution in [2.75, 3.05) is 6.61 Å². The highest BCUT2D eigenvalue weighted by atomic mass is 19.4. The minimum Gasteiger partial charge on any atom is -0.483 e. The first-order valence-electron chi connectivity index (χ1n) is 11.7. The van der Waals surface area contributed by atoms with Gasteiger partial charge in [-0.1, -0.05) is 31.6 Å². The zero-order valence-electron chi connectivity index (χ0n) is 20.8. The normalized spacial score (nSPS) is 12.1. The van der Waals surface area contributed by atoms with Crippen LogP contribution in [0.1, 0.15) is 42.3 Å². The van der Waals surface area contributed by atoms with Gasteiger partial charge in [0.2, 0.25) is 5.82 Å². The van der Waals surface area contributed by atoms with Gasteiger partial charge in [0.1, 0.15) is 17.4 Å². The lowest BCUT2D eigenvalue weighted by Gasteiger charge is -2.17. The summed E-state index contributed by atoms with van der Waals surface area (Å²) < 4.78 is 57.6. The zero-order chi connectivity index (χ0) is 27.7. The lowest BCUT2D eigenvalue weighted by molar-refractivity contribution is -0.145. The van der Waals surface area contributed by atoms with E-state index in [0.29, 0.717) is 39.4 Å². The molecule has 2 aromatic carbocycles. The number of nitrogens with one attached hydrogen (secondary N) is 1. The van der Waals surface area contributed by atoms with Gasteiger partial charge in [-0.2, -0.15) is 13.2 Å². The van der Waals surface area contributed by atoms with Crippen LogP contribution in [0, 0.1) is 12.7 Å². The van der Waals surface area contributed by atoms with Crippen LogP contribution in [0.2, 0.25) is 0 Å². The minimum atomic E-state index is -4.64. The average molecular weight is 530 g/mol. The first kappa shape index (κ1) is 28.3. The van der Waals surface area contributed by atoms with Gasteiger partial charge in [0.05, 0.1) is 6.54 Å². The fourth-order valence-electron chi connectivity index (χ4n) is 3.39. The summed E-state index contributed by atoms with van der Waals surface area (Å²) >= 11 is 0. The number of amidine groups is 1. The largest absolute Gasteiger partial charge is 0.483 e. The van der Waals surface area contributed by atoms with Crippen LogP contribution in [0.4, 0.5) is 17.6 Å². The molecule has 3 aromatic rings.